The van der Waals surface area contributed by atoms with E-state index in [-0.39, 0.29) is 0 Å². The van der Waals surface area contributed by atoms with Gasteiger partial charge in [-0.25, -0.2) is 9.97 Å². The molecule has 2 heteroatoms. The van der Waals surface area contributed by atoms with E-state index in [9.17, 15) is 0 Å². The van der Waals surface area contributed by atoms with Crippen LogP contribution in [0.3, 0.4) is 0 Å². The minimum absolute atomic E-state index is 0.705. The zero-order valence-corrected chi connectivity index (χ0v) is 30.5. The Morgan fingerprint density at radius 1 is 0.250 bits per heavy atom. The van der Waals surface area contributed by atoms with E-state index < -0.39 is 0 Å². The quantitative estimate of drug-likeness (QED) is 0.172. The van der Waals surface area contributed by atoms with Gasteiger partial charge in [0.2, 0.25) is 0 Å². The summed E-state index contributed by atoms with van der Waals surface area (Å²) in [5.41, 5.74) is 17.4. The van der Waals surface area contributed by atoms with Gasteiger partial charge in [0.1, 0.15) is 0 Å². The second-order valence-corrected chi connectivity index (χ2v) is 14.5. The van der Waals surface area contributed by atoms with Crippen molar-refractivity contribution in [3.05, 3.63) is 206 Å². The van der Waals surface area contributed by atoms with Gasteiger partial charge in [0.25, 0.3) is 0 Å². The predicted octanol–water partition coefficient (Wildman–Crippen LogP) is 14.4. The number of benzene rings is 9. The maximum Gasteiger partial charge on any atom is 0.160 e. The van der Waals surface area contributed by atoms with Crippen molar-refractivity contribution in [1.82, 2.24) is 9.97 Å². The van der Waals surface area contributed by atoms with E-state index in [1.54, 1.807) is 0 Å². The monoisotopic (exact) mass is 710 g/mol. The topological polar surface area (TPSA) is 25.8 Å². The van der Waals surface area contributed by atoms with E-state index in [1.807, 2.05) is 12.1 Å². The molecule has 0 radical (unpaired) electrons. The molecule has 1 heterocycles. The number of aromatic nitrogens is 2. The van der Waals surface area contributed by atoms with Crippen LogP contribution in [0.25, 0.3) is 111 Å². The van der Waals surface area contributed by atoms with E-state index >= 15 is 0 Å². The fourth-order valence-corrected chi connectivity index (χ4v) is 8.52. The predicted molar refractivity (Wildman–Crippen MR) is 234 cm³/mol. The number of hydrogen-bond acceptors (Lipinski definition) is 2. The molecule has 0 saturated carbocycles. The van der Waals surface area contributed by atoms with Gasteiger partial charge < -0.3 is 0 Å². The van der Waals surface area contributed by atoms with Crippen LogP contribution in [0, 0.1) is 0 Å². The van der Waals surface area contributed by atoms with Gasteiger partial charge in [-0.3, -0.25) is 0 Å². The summed E-state index contributed by atoms with van der Waals surface area (Å²) in [6.07, 6.45) is 0. The van der Waals surface area contributed by atoms with Crippen LogP contribution in [-0.4, -0.2) is 9.97 Å². The summed E-state index contributed by atoms with van der Waals surface area (Å²) in [4.78, 5) is 10.2. The van der Waals surface area contributed by atoms with Crippen LogP contribution >= 0.6 is 0 Å². The van der Waals surface area contributed by atoms with Crippen molar-refractivity contribution < 1.29 is 0 Å². The summed E-state index contributed by atoms with van der Waals surface area (Å²) < 4.78 is 0. The lowest BCUT2D eigenvalue weighted by Gasteiger charge is -2.15. The van der Waals surface area contributed by atoms with Crippen molar-refractivity contribution in [3.8, 4) is 89.5 Å². The first-order valence-electron chi connectivity index (χ1n) is 19.1. The van der Waals surface area contributed by atoms with Crippen LogP contribution in [0.1, 0.15) is 0 Å². The lowest BCUT2D eigenvalue weighted by Crippen LogP contribution is -1.96. The molecule has 2 nitrogen and oxygen atoms in total. The van der Waals surface area contributed by atoms with Gasteiger partial charge in [-0.1, -0.05) is 182 Å². The van der Waals surface area contributed by atoms with Crippen LogP contribution in [0.5, 0.6) is 0 Å². The fraction of sp³-hybridized carbons (Fsp3) is 0. The minimum atomic E-state index is 0.705. The molecule has 0 unspecified atom stereocenters. The van der Waals surface area contributed by atoms with E-state index in [4.69, 9.17) is 9.97 Å². The Morgan fingerprint density at radius 3 is 1.36 bits per heavy atom. The summed E-state index contributed by atoms with van der Waals surface area (Å²) in [5.74, 6) is 0.705. The molecule has 0 atom stereocenters. The van der Waals surface area contributed by atoms with Crippen LogP contribution in [0.2, 0.25) is 0 Å². The highest BCUT2D eigenvalue weighted by Gasteiger charge is 2.22. The third kappa shape index (κ3) is 5.42. The normalized spacial score (nSPS) is 11.6. The summed E-state index contributed by atoms with van der Waals surface area (Å²) in [5, 5.41) is 5.06. The molecule has 0 spiro atoms. The Bertz CT molecular complexity index is 3020. The molecule has 260 valence electrons. The molecule has 1 aromatic heterocycles. The van der Waals surface area contributed by atoms with Crippen molar-refractivity contribution in [2.45, 2.75) is 0 Å². The Labute approximate surface area is 326 Å². The smallest absolute Gasteiger partial charge is 0.160 e. The summed E-state index contributed by atoms with van der Waals surface area (Å²) >= 11 is 0. The molecule has 0 N–H and O–H groups in total. The van der Waals surface area contributed by atoms with Crippen LogP contribution in [-0.2, 0) is 0 Å². The van der Waals surface area contributed by atoms with Crippen molar-refractivity contribution in [2.24, 2.45) is 0 Å². The first-order valence-corrected chi connectivity index (χ1v) is 19.1. The van der Waals surface area contributed by atoms with Gasteiger partial charge in [0.05, 0.1) is 11.4 Å². The Morgan fingerprint density at radius 2 is 0.714 bits per heavy atom. The largest absolute Gasteiger partial charge is 0.228 e. The standard InChI is InChI=1S/C54H34N2/c1-3-13-36(14-4-1)51-34-52(37-15-5-2-6-16-37)56-54(55-51)38-27-25-35(26-28-38)49-32-39-17-7-8-18-40(39)33-50(49)42-20-11-19-41(31-42)43-29-30-48-45-22-10-9-21-44(45)47-24-12-23-46(43)53(47)48/h1-34H. The van der Waals surface area contributed by atoms with Gasteiger partial charge in [-0.05, 0) is 101 Å². The average molecular weight is 711 g/mol. The summed E-state index contributed by atoms with van der Waals surface area (Å²) in [6, 6.07) is 74.0. The molecule has 0 saturated heterocycles. The van der Waals surface area contributed by atoms with Crippen molar-refractivity contribution in [2.75, 3.05) is 0 Å². The second-order valence-electron chi connectivity index (χ2n) is 14.5. The summed E-state index contributed by atoms with van der Waals surface area (Å²) in [7, 11) is 0. The molecule has 56 heavy (non-hydrogen) atoms. The fourth-order valence-electron chi connectivity index (χ4n) is 8.52. The van der Waals surface area contributed by atoms with Crippen LogP contribution < -0.4 is 0 Å². The Hall–Kier alpha value is -7.42. The molecule has 0 amide bonds. The Balaban J connectivity index is 1.02. The van der Waals surface area contributed by atoms with Gasteiger partial charge in [-0.15, -0.1) is 0 Å². The highest BCUT2D eigenvalue weighted by molar-refractivity contribution is 6.18. The molecule has 1 aliphatic rings. The maximum absolute atomic E-state index is 5.08. The number of nitrogens with zero attached hydrogens (tertiary/aromatic N) is 2. The Kier molecular flexibility index (Phi) is 7.53. The molecule has 1 aliphatic carbocycles. The van der Waals surface area contributed by atoms with E-state index in [2.05, 4.69) is 194 Å². The molecular formula is C54H34N2. The second kappa shape index (κ2) is 13.2. The highest BCUT2D eigenvalue weighted by Crippen LogP contribution is 2.49. The highest BCUT2D eigenvalue weighted by atomic mass is 14.9. The number of rotatable bonds is 6. The molecule has 11 rings (SSSR count). The molecule has 10 aromatic rings. The molecule has 9 aromatic carbocycles. The van der Waals surface area contributed by atoms with E-state index in [0.717, 1.165) is 33.6 Å². The van der Waals surface area contributed by atoms with Gasteiger partial charge in [-0.2, -0.15) is 0 Å². The average Bonchev–Trinajstić information content (AvgIpc) is 3.61. The first-order chi connectivity index (χ1) is 27.7. The van der Waals surface area contributed by atoms with E-state index in [1.165, 1.54) is 71.6 Å². The van der Waals surface area contributed by atoms with Gasteiger partial charge in [0, 0.05) is 16.7 Å². The lowest BCUT2D eigenvalue weighted by molar-refractivity contribution is 1.18. The van der Waals surface area contributed by atoms with Gasteiger partial charge in [0.15, 0.2) is 5.82 Å². The van der Waals surface area contributed by atoms with Crippen molar-refractivity contribution in [1.29, 1.82) is 0 Å². The molecule has 0 aliphatic heterocycles. The number of hydrogen-bond donors (Lipinski definition) is 0. The third-order valence-electron chi connectivity index (χ3n) is 11.2. The first kappa shape index (κ1) is 32.0. The molecule has 0 fully saturated rings. The van der Waals surface area contributed by atoms with Gasteiger partial charge >= 0.3 is 0 Å². The molecular weight excluding hydrogens is 677 g/mol. The zero-order chi connectivity index (χ0) is 37.0. The van der Waals surface area contributed by atoms with E-state index in [0.29, 0.717) is 5.82 Å². The minimum Gasteiger partial charge on any atom is -0.228 e. The lowest BCUT2D eigenvalue weighted by atomic mass is 9.89. The van der Waals surface area contributed by atoms with Crippen molar-refractivity contribution >= 4 is 21.5 Å². The zero-order valence-electron chi connectivity index (χ0n) is 30.5. The maximum atomic E-state index is 5.08. The van der Waals surface area contributed by atoms with Crippen LogP contribution in [0.4, 0.5) is 0 Å². The summed E-state index contributed by atoms with van der Waals surface area (Å²) in [6.45, 7) is 0. The van der Waals surface area contributed by atoms with Crippen LogP contribution in [0.15, 0.2) is 206 Å². The third-order valence-corrected chi connectivity index (χ3v) is 11.2. The SMILES string of the molecule is c1ccc(-c2cc(-c3ccccc3)nc(-c3ccc(-c4cc5ccccc5cc4-c4cccc(-c5ccc6c7c(cccc57)-c5ccccc5-6)c4)cc3)n2)cc1. The number of fused-ring (bicyclic) bond motifs is 4. The molecule has 0 bridgehead atoms. The van der Waals surface area contributed by atoms with Crippen molar-refractivity contribution in [3.63, 3.8) is 0 Å².